The summed E-state index contributed by atoms with van der Waals surface area (Å²) >= 11 is 0. The minimum absolute atomic E-state index is 0.228. The first-order chi connectivity index (χ1) is 12.6. The Labute approximate surface area is 161 Å². The van der Waals surface area contributed by atoms with Crippen molar-refractivity contribution in [3.63, 3.8) is 0 Å². The van der Waals surface area contributed by atoms with Gasteiger partial charge in [-0.2, -0.15) is 0 Å². The highest BCUT2D eigenvalue weighted by molar-refractivity contribution is 7.92. The highest BCUT2D eigenvalue weighted by Crippen LogP contribution is 2.22. The van der Waals surface area contributed by atoms with E-state index >= 15 is 0 Å². The molecule has 6 nitrogen and oxygen atoms in total. The molecule has 0 aromatic heterocycles. The second-order valence-electron chi connectivity index (χ2n) is 6.60. The lowest BCUT2D eigenvalue weighted by molar-refractivity contribution is -0.120. The Morgan fingerprint density at radius 3 is 2.26 bits per heavy atom. The number of carbonyl (C=O) groups excluding carboxylic acids is 1. The maximum atomic E-state index is 12.5. The van der Waals surface area contributed by atoms with Crippen molar-refractivity contribution in [3.05, 3.63) is 59.2 Å². The van der Waals surface area contributed by atoms with E-state index in [1.807, 2.05) is 39.0 Å². The molecular formula is C20H26N2O4S. The Kier molecular flexibility index (Phi) is 6.49. The van der Waals surface area contributed by atoms with Crippen LogP contribution in [0.5, 0.6) is 5.75 Å². The Bertz CT molecular complexity index is 908. The molecule has 1 atom stereocenters. The van der Waals surface area contributed by atoms with Crippen molar-refractivity contribution < 1.29 is 17.9 Å². The summed E-state index contributed by atoms with van der Waals surface area (Å²) in [6.45, 7) is 5.63. The maximum Gasteiger partial charge on any atom is 0.241 e. The zero-order valence-corrected chi connectivity index (χ0v) is 17.1. The number of amides is 1. The van der Waals surface area contributed by atoms with Crippen LogP contribution in [-0.2, 0) is 14.8 Å². The van der Waals surface area contributed by atoms with Gasteiger partial charge in [0.05, 0.1) is 25.1 Å². The molecular weight excluding hydrogens is 364 g/mol. The number of sulfonamides is 1. The van der Waals surface area contributed by atoms with Crippen molar-refractivity contribution in [3.8, 4) is 5.75 Å². The molecule has 0 aliphatic heterocycles. The molecule has 7 heteroatoms. The van der Waals surface area contributed by atoms with E-state index in [2.05, 4.69) is 5.32 Å². The van der Waals surface area contributed by atoms with E-state index in [-0.39, 0.29) is 18.5 Å². The largest absolute Gasteiger partial charge is 0.497 e. The van der Waals surface area contributed by atoms with Crippen molar-refractivity contribution in [1.82, 2.24) is 5.32 Å². The van der Waals surface area contributed by atoms with Crippen LogP contribution in [0.2, 0.25) is 0 Å². The minimum atomic E-state index is -3.61. The van der Waals surface area contributed by atoms with E-state index in [0.29, 0.717) is 11.4 Å². The Morgan fingerprint density at radius 2 is 1.74 bits per heavy atom. The van der Waals surface area contributed by atoms with Crippen LogP contribution in [0.4, 0.5) is 5.69 Å². The van der Waals surface area contributed by atoms with E-state index in [4.69, 9.17) is 4.74 Å². The Hall–Kier alpha value is -2.54. The summed E-state index contributed by atoms with van der Waals surface area (Å²) in [5, 5.41) is 2.87. The monoisotopic (exact) mass is 390 g/mol. The fourth-order valence-corrected chi connectivity index (χ4v) is 3.54. The van der Waals surface area contributed by atoms with Gasteiger partial charge >= 0.3 is 0 Å². The number of hydrogen-bond donors (Lipinski definition) is 1. The lowest BCUT2D eigenvalue weighted by atomic mass is 10.0. The summed E-state index contributed by atoms with van der Waals surface area (Å²) in [7, 11) is -2.08. The second kappa shape index (κ2) is 8.43. The minimum Gasteiger partial charge on any atom is -0.497 e. The molecule has 0 fully saturated rings. The quantitative estimate of drug-likeness (QED) is 0.789. The van der Waals surface area contributed by atoms with Gasteiger partial charge in [-0.1, -0.05) is 18.2 Å². The molecule has 2 aromatic rings. The predicted octanol–water partition coefficient (Wildman–Crippen LogP) is 2.96. The normalized spacial score (nSPS) is 12.3. The third kappa shape index (κ3) is 5.47. The first-order valence-electron chi connectivity index (χ1n) is 8.60. The first-order valence-corrected chi connectivity index (χ1v) is 10.4. The molecule has 0 saturated carbocycles. The summed E-state index contributed by atoms with van der Waals surface area (Å²) in [5.74, 6) is 0.238. The molecule has 146 valence electrons. The Balaban J connectivity index is 2.14. The van der Waals surface area contributed by atoms with E-state index in [1.165, 1.54) is 12.7 Å². The molecule has 0 spiro atoms. The van der Waals surface area contributed by atoms with Crippen molar-refractivity contribution >= 4 is 21.6 Å². The molecule has 1 unspecified atom stereocenters. The van der Waals surface area contributed by atoms with E-state index < -0.39 is 10.0 Å². The molecule has 0 aliphatic rings. The highest BCUT2D eigenvalue weighted by atomic mass is 32.2. The summed E-state index contributed by atoms with van der Waals surface area (Å²) in [5.41, 5.74) is 3.71. The van der Waals surface area contributed by atoms with Gasteiger partial charge in [-0.15, -0.1) is 0 Å². The van der Waals surface area contributed by atoms with Gasteiger partial charge < -0.3 is 10.1 Å². The van der Waals surface area contributed by atoms with Crippen LogP contribution in [0, 0.1) is 13.8 Å². The number of methoxy groups -OCH3 is 1. The van der Waals surface area contributed by atoms with Gasteiger partial charge in [-0.3, -0.25) is 9.10 Å². The molecule has 2 aromatic carbocycles. The fraction of sp³-hybridized carbons (Fsp3) is 0.350. The van der Waals surface area contributed by atoms with Crippen LogP contribution in [0.25, 0.3) is 0 Å². The summed E-state index contributed by atoms with van der Waals surface area (Å²) in [6, 6.07) is 12.3. The number of rotatable bonds is 7. The molecule has 0 radical (unpaired) electrons. The van der Waals surface area contributed by atoms with Gasteiger partial charge in [-0.05, 0) is 61.7 Å². The van der Waals surface area contributed by atoms with Gasteiger partial charge in [0.2, 0.25) is 15.9 Å². The van der Waals surface area contributed by atoms with E-state index in [9.17, 15) is 13.2 Å². The molecule has 0 heterocycles. The van der Waals surface area contributed by atoms with Crippen molar-refractivity contribution in [1.29, 1.82) is 0 Å². The maximum absolute atomic E-state index is 12.5. The number of nitrogens with one attached hydrogen (secondary N) is 1. The molecule has 1 N–H and O–H groups in total. The number of ether oxygens (including phenoxy) is 1. The van der Waals surface area contributed by atoms with Gasteiger partial charge in [0.1, 0.15) is 12.3 Å². The predicted molar refractivity (Wildman–Crippen MR) is 108 cm³/mol. The van der Waals surface area contributed by atoms with Gasteiger partial charge in [0, 0.05) is 0 Å². The topological polar surface area (TPSA) is 75.7 Å². The van der Waals surface area contributed by atoms with Crippen LogP contribution < -0.4 is 14.4 Å². The zero-order chi connectivity index (χ0) is 20.2. The summed E-state index contributed by atoms with van der Waals surface area (Å²) in [6.07, 6.45) is 1.08. The molecule has 0 aliphatic carbocycles. The van der Waals surface area contributed by atoms with Crippen molar-refractivity contribution in [2.45, 2.75) is 26.8 Å². The number of carbonyl (C=O) groups is 1. The van der Waals surface area contributed by atoms with E-state index in [0.717, 1.165) is 21.7 Å². The first kappa shape index (κ1) is 20.8. The average molecular weight is 391 g/mol. The third-order valence-corrected chi connectivity index (χ3v) is 5.60. The van der Waals surface area contributed by atoms with E-state index in [1.54, 1.807) is 24.3 Å². The number of hydrogen-bond acceptors (Lipinski definition) is 4. The lowest BCUT2D eigenvalue weighted by Crippen LogP contribution is -2.41. The van der Waals surface area contributed by atoms with Crippen molar-refractivity contribution in [2.24, 2.45) is 0 Å². The van der Waals surface area contributed by atoms with Gasteiger partial charge in [0.25, 0.3) is 0 Å². The van der Waals surface area contributed by atoms with Crippen LogP contribution in [-0.4, -0.2) is 34.2 Å². The Morgan fingerprint density at radius 1 is 1.11 bits per heavy atom. The summed E-state index contributed by atoms with van der Waals surface area (Å²) < 4.78 is 30.5. The van der Waals surface area contributed by atoms with Gasteiger partial charge in [-0.25, -0.2) is 8.42 Å². The second-order valence-corrected chi connectivity index (χ2v) is 8.51. The van der Waals surface area contributed by atoms with Crippen LogP contribution in [0.1, 0.15) is 29.7 Å². The number of benzene rings is 2. The molecule has 2 rings (SSSR count). The number of nitrogens with zero attached hydrogens (tertiary/aromatic N) is 1. The van der Waals surface area contributed by atoms with Crippen LogP contribution >= 0.6 is 0 Å². The molecule has 0 bridgehead atoms. The van der Waals surface area contributed by atoms with Crippen LogP contribution in [0.15, 0.2) is 42.5 Å². The summed E-state index contributed by atoms with van der Waals surface area (Å²) in [4.78, 5) is 12.5. The fourth-order valence-electron chi connectivity index (χ4n) is 2.68. The number of anilines is 1. The smallest absolute Gasteiger partial charge is 0.241 e. The van der Waals surface area contributed by atoms with Crippen LogP contribution in [0.3, 0.4) is 0 Å². The average Bonchev–Trinajstić information content (AvgIpc) is 2.61. The molecule has 0 saturated heterocycles. The molecule has 1 amide bonds. The lowest BCUT2D eigenvalue weighted by Gasteiger charge is -2.23. The standard InChI is InChI=1S/C20H26N2O4S/c1-14-6-7-17(12-15(14)2)16(3)21-20(23)13-22(27(5,24)25)18-8-10-19(26-4)11-9-18/h6-12,16H,13H2,1-5H3,(H,21,23). The SMILES string of the molecule is COc1ccc(N(CC(=O)NC(C)c2ccc(C)c(C)c2)S(C)(=O)=O)cc1. The molecule has 27 heavy (non-hydrogen) atoms. The zero-order valence-electron chi connectivity index (χ0n) is 16.3. The third-order valence-electron chi connectivity index (χ3n) is 4.46. The highest BCUT2D eigenvalue weighted by Gasteiger charge is 2.22. The van der Waals surface area contributed by atoms with Gasteiger partial charge in [0.15, 0.2) is 0 Å². The van der Waals surface area contributed by atoms with Crippen molar-refractivity contribution in [2.75, 3.05) is 24.2 Å². The number of aryl methyl sites for hydroxylation is 2.